The third-order valence-electron chi connectivity index (χ3n) is 3.60. The molecule has 0 aromatic heterocycles. The second-order valence-electron chi connectivity index (χ2n) is 5.29. The summed E-state index contributed by atoms with van der Waals surface area (Å²) < 4.78 is 5.08. The van der Waals surface area contributed by atoms with Crippen LogP contribution in [-0.4, -0.2) is 37.1 Å². The van der Waals surface area contributed by atoms with E-state index in [0.717, 1.165) is 18.4 Å². The lowest BCUT2D eigenvalue weighted by Crippen LogP contribution is -2.52. The standard InChI is InChI=1S/C15H22N2O2/c1-15(16,12-6-4-3-5-7-12)14(18)17(10-11-19-2)13-8-9-13/h3-7,13H,8-11,16H2,1-2H3. The minimum Gasteiger partial charge on any atom is -0.383 e. The van der Waals surface area contributed by atoms with Crippen LogP contribution in [0.2, 0.25) is 0 Å². The summed E-state index contributed by atoms with van der Waals surface area (Å²) in [5, 5.41) is 0. The molecule has 1 unspecified atom stereocenters. The molecule has 19 heavy (non-hydrogen) atoms. The third kappa shape index (κ3) is 3.14. The molecule has 0 spiro atoms. The van der Waals surface area contributed by atoms with Crippen LogP contribution in [0.3, 0.4) is 0 Å². The van der Waals surface area contributed by atoms with Crippen molar-refractivity contribution in [2.24, 2.45) is 5.73 Å². The number of methoxy groups -OCH3 is 1. The Bertz CT molecular complexity index is 427. The summed E-state index contributed by atoms with van der Waals surface area (Å²) in [5.74, 6) is -0.0155. The quantitative estimate of drug-likeness (QED) is 0.845. The fourth-order valence-electron chi connectivity index (χ4n) is 2.23. The van der Waals surface area contributed by atoms with Crippen molar-refractivity contribution in [3.8, 4) is 0 Å². The van der Waals surface area contributed by atoms with E-state index in [1.807, 2.05) is 35.2 Å². The van der Waals surface area contributed by atoms with Gasteiger partial charge in [0.05, 0.1) is 6.61 Å². The number of hydrogen-bond donors (Lipinski definition) is 1. The minimum atomic E-state index is -0.975. The average Bonchev–Trinajstić information content (AvgIpc) is 3.24. The first-order chi connectivity index (χ1) is 9.07. The van der Waals surface area contributed by atoms with E-state index in [2.05, 4.69) is 0 Å². The Morgan fingerprint density at radius 2 is 2.05 bits per heavy atom. The lowest BCUT2D eigenvalue weighted by atomic mass is 9.91. The Balaban J connectivity index is 2.15. The van der Waals surface area contributed by atoms with Gasteiger partial charge in [-0.1, -0.05) is 30.3 Å². The van der Waals surface area contributed by atoms with Crippen LogP contribution in [0.5, 0.6) is 0 Å². The van der Waals surface area contributed by atoms with Crippen molar-refractivity contribution < 1.29 is 9.53 Å². The first kappa shape index (κ1) is 14.0. The van der Waals surface area contributed by atoms with Gasteiger partial charge in [0.15, 0.2) is 0 Å². The highest BCUT2D eigenvalue weighted by Gasteiger charge is 2.40. The topological polar surface area (TPSA) is 55.6 Å². The molecule has 1 fully saturated rings. The maximum absolute atomic E-state index is 12.7. The van der Waals surface area contributed by atoms with Gasteiger partial charge in [-0.25, -0.2) is 0 Å². The Morgan fingerprint density at radius 3 is 2.58 bits per heavy atom. The second kappa shape index (κ2) is 5.72. The molecule has 1 atom stereocenters. The van der Waals surface area contributed by atoms with E-state index in [9.17, 15) is 4.79 Å². The summed E-state index contributed by atoms with van der Waals surface area (Å²) in [4.78, 5) is 14.6. The van der Waals surface area contributed by atoms with Crippen LogP contribution in [-0.2, 0) is 15.1 Å². The summed E-state index contributed by atoms with van der Waals surface area (Å²) in [5.41, 5.74) is 6.16. The van der Waals surface area contributed by atoms with Gasteiger partial charge in [-0.2, -0.15) is 0 Å². The molecule has 1 saturated carbocycles. The molecular formula is C15H22N2O2. The van der Waals surface area contributed by atoms with Gasteiger partial charge in [0.25, 0.3) is 0 Å². The zero-order valence-electron chi connectivity index (χ0n) is 11.6. The Hall–Kier alpha value is -1.39. The van der Waals surface area contributed by atoms with Crippen LogP contribution in [0.25, 0.3) is 0 Å². The van der Waals surface area contributed by atoms with Crippen molar-refractivity contribution in [3.63, 3.8) is 0 Å². The minimum absolute atomic E-state index is 0.0155. The molecule has 0 bridgehead atoms. The molecule has 0 radical (unpaired) electrons. The lowest BCUT2D eigenvalue weighted by molar-refractivity contribution is -0.138. The number of carbonyl (C=O) groups excluding carboxylic acids is 1. The SMILES string of the molecule is COCCN(C(=O)C(C)(N)c1ccccc1)C1CC1. The van der Waals surface area contributed by atoms with Gasteiger partial charge in [-0.05, 0) is 25.3 Å². The molecule has 104 valence electrons. The predicted octanol–water partition coefficient (Wildman–Crippen LogP) is 1.50. The molecular weight excluding hydrogens is 240 g/mol. The van der Waals surface area contributed by atoms with Crippen molar-refractivity contribution in [1.29, 1.82) is 0 Å². The zero-order valence-corrected chi connectivity index (χ0v) is 11.6. The highest BCUT2D eigenvalue weighted by atomic mass is 16.5. The van der Waals surface area contributed by atoms with Gasteiger partial charge in [-0.3, -0.25) is 4.79 Å². The maximum Gasteiger partial charge on any atom is 0.247 e. The van der Waals surface area contributed by atoms with Crippen molar-refractivity contribution in [3.05, 3.63) is 35.9 Å². The summed E-state index contributed by atoms with van der Waals surface area (Å²) >= 11 is 0. The third-order valence-corrected chi connectivity index (χ3v) is 3.60. The number of nitrogens with zero attached hydrogens (tertiary/aromatic N) is 1. The molecule has 2 N–H and O–H groups in total. The number of amides is 1. The van der Waals surface area contributed by atoms with Crippen LogP contribution < -0.4 is 5.73 Å². The van der Waals surface area contributed by atoms with Crippen molar-refractivity contribution >= 4 is 5.91 Å². The van der Waals surface area contributed by atoms with Crippen LogP contribution in [0.15, 0.2) is 30.3 Å². The second-order valence-corrected chi connectivity index (χ2v) is 5.29. The molecule has 1 aromatic carbocycles. The van der Waals surface area contributed by atoms with Gasteiger partial charge >= 0.3 is 0 Å². The summed E-state index contributed by atoms with van der Waals surface area (Å²) in [6.45, 7) is 2.94. The monoisotopic (exact) mass is 262 g/mol. The molecule has 4 nitrogen and oxygen atoms in total. The van der Waals surface area contributed by atoms with Gasteiger partial charge in [0, 0.05) is 19.7 Å². The first-order valence-corrected chi connectivity index (χ1v) is 6.71. The fourth-order valence-corrected chi connectivity index (χ4v) is 2.23. The van der Waals surface area contributed by atoms with Gasteiger partial charge < -0.3 is 15.4 Å². The number of rotatable bonds is 6. The fraction of sp³-hybridized carbons (Fsp3) is 0.533. The maximum atomic E-state index is 12.7. The van der Waals surface area contributed by atoms with E-state index < -0.39 is 5.54 Å². The van der Waals surface area contributed by atoms with E-state index in [1.54, 1.807) is 14.0 Å². The van der Waals surface area contributed by atoms with Gasteiger partial charge in [0.2, 0.25) is 5.91 Å². The number of benzene rings is 1. The van der Waals surface area contributed by atoms with Gasteiger partial charge in [0.1, 0.15) is 5.54 Å². The Morgan fingerprint density at radius 1 is 1.42 bits per heavy atom. The number of carbonyl (C=O) groups is 1. The van der Waals surface area contributed by atoms with E-state index in [1.165, 1.54) is 0 Å². The molecule has 0 saturated heterocycles. The summed E-state index contributed by atoms with van der Waals surface area (Å²) in [6.07, 6.45) is 2.14. The smallest absolute Gasteiger partial charge is 0.247 e. The summed E-state index contributed by atoms with van der Waals surface area (Å²) in [7, 11) is 1.65. The molecule has 2 rings (SSSR count). The van der Waals surface area contributed by atoms with E-state index in [0.29, 0.717) is 19.2 Å². The van der Waals surface area contributed by atoms with Crippen LogP contribution in [0, 0.1) is 0 Å². The molecule has 1 aliphatic rings. The predicted molar refractivity (Wildman–Crippen MR) is 74.6 cm³/mol. The van der Waals surface area contributed by atoms with Crippen molar-refractivity contribution in [2.75, 3.05) is 20.3 Å². The molecule has 1 amide bonds. The molecule has 4 heteroatoms. The van der Waals surface area contributed by atoms with Crippen LogP contribution in [0.1, 0.15) is 25.3 Å². The van der Waals surface area contributed by atoms with E-state index in [4.69, 9.17) is 10.5 Å². The van der Waals surface area contributed by atoms with E-state index >= 15 is 0 Å². The number of hydrogen-bond acceptors (Lipinski definition) is 3. The molecule has 1 aromatic rings. The average molecular weight is 262 g/mol. The van der Waals surface area contributed by atoms with Crippen LogP contribution in [0.4, 0.5) is 0 Å². The Kier molecular flexibility index (Phi) is 4.22. The first-order valence-electron chi connectivity index (χ1n) is 6.71. The zero-order chi connectivity index (χ0) is 13.9. The summed E-state index contributed by atoms with van der Waals surface area (Å²) in [6, 6.07) is 9.88. The van der Waals surface area contributed by atoms with Crippen molar-refractivity contribution in [1.82, 2.24) is 4.90 Å². The number of nitrogens with two attached hydrogens (primary N) is 1. The highest BCUT2D eigenvalue weighted by Crippen LogP contribution is 2.30. The Labute approximate surface area is 114 Å². The largest absolute Gasteiger partial charge is 0.383 e. The van der Waals surface area contributed by atoms with Gasteiger partial charge in [-0.15, -0.1) is 0 Å². The molecule has 1 aliphatic carbocycles. The highest BCUT2D eigenvalue weighted by molar-refractivity contribution is 5.87. The normalized spacial score (nSPS) is 17.8. The lowest BCUT2D eigenvalue weighted by Gasteiger charge is -2.32. The van der Waals surface area contributed by atoms with Crippen molar-refractivity contribution in [2.45, 2.75) is 31.3 Å². The van der Waals surface area contributed by atoms with E-state index in [-0.39, 0.29) is 5.91 Å². The van der Waals surface area contributed by atoms with Crippen LogP contribution >= 0.6 is 0 Å². The molecule has 0 heterocycles. The number of ether oxygens (including phenoxy) is 1. The molecule has 0 aliphatic heterocycles.